The molecule has 0 bridgehead atoms. The van der Waals surface area contributed by atoms with Crippen LogP contribution < -0.4 is 9.62 Å². The van der Waals surface area contributed by atoms with Crippen LogP contribution in [0.2, 0.25) is 0 Å². The highest BCUT2D eigenvalue weighted by atomic mass is 32.2. The fourth-order valence-electron chi connectivity index (χ4n) is 3.85. The fourth-order valence-corrected chi connectivity index (χ4v) is 5.29. The molecule has 0 fully saturated rings. The number of hydrogen-bond donors (Lipinski definition) is 1. The van der Waals surface area contributed by atoms with Crippen LogP contribution in [0.4, 0.5) is 10.1 Å². The van der Waals surface area contributed by atoms with E-state index >= 15 is 0 Å². The second-order valence-electron chi connectivity index (χ2n) is 9.06. The highest BCUT2D eigenvalue weighted by Gasteiger charge is 2.33. The molecule has 196 valence electrons. The van der Waals surface area contributed by atoms with Gasteiger partial charge in [0.2, 0.25) is 11.8 Å². The Kier molecular flexibility index (Phi) is 9.04. The average Bonchev–Trinajstić information content (AvgIpc) is 2.87. The van der Waals surface area contributed by atoms with Gasteiger partial charge in [0, 0.05) is 12.6 Å². The van der Waals surface area contributed by atoms with E-state index in [9.17, 15) is 22.4 Å². The van der Waals surface area contributed by atoms with Crippen molar-refractivity contribution in [2.75, 3.05) is 10.8 Å². The Hall–Kier alpha value is -3.72. The second-order valence-corrected chi connectivity index (χ2v) is 10.9. The first kappa shape index (κ1) is 27.9. The zero-order valence-corrected chi connectivity index (χ0v) is 22.2. The number of anilines is 1. The molecule has 0 aliphatic carbocycles. The lowest BCUT2D eigenvalue weighted by atomic mass is 10.1. The molecule has 7 nitrogen and oxygen atoms in total. The number of para-hydroxylation sites is 1. The van der Waals surface area contributed by atoms with Gasteiger partial charge in [0.05, 0.1) is 10.6 Å². The van der Waals surface area contributed by atoms with E-state index in [0.29, 0.717) is 0 Å². The normalized spacial score (nSPS) is 12.2. The van der Waals surface area contributed by atoms with E-state index in [0.717, 1.165) is 21.5 Å². The van der Waals surface area contributed by atoms with Crippen LogP contribution in [0, 0.1) is 12.7 Å². The number of carbonyl (C=O) groups excluding carboxylic acids is 2. The molecule has 0 aliphatic heterocycles. The summed E-state index contributed by atoms with van der Waals surface area (Å²) in [5.74, 6) is -1.80. The van der Waals surface area contributed by atoms with Gasteiger partial charge in [-0.05, 0) is 63.1 Å². The van der Waals surface area contributed by atoms with Gasteiger partial charge >= 0.3 is 0 Å². The van der Waals surface area contributed by atoms with E-state index in [1.165, 1.54) is 35.2 Å². The Morgan fingerprint density at radius 1 is 0.892 bits per heavy atom. The van der Waals surface area contributed by atoms with Crippen molar-refractivity contribution in [2.24, 2.45) is 0 Å². The molecule has 0 spiro atoms. The molecule has 1 atom stereocenters. The van der Waals surface area contributed by atoms with E-state index < -0.39 is 34.3 Å². The number of hydrogen-bond acceptors (Lipinski definition) is 4. The number of sulfonamides is 1. The summed E-state index contributed by atoms with van der Waals surface area (Å²) in [6, 6.07) is 19.3. The molecular weight excluding hydrogens is 493 g/mol. The minimum atomic E-state index is -4.31. The van der Waals surface area contributed by atoms with Crippen LogP contribution in [-0.4, -0.2) is 43.8 Å². The lowest BCUT2D eigenvalue weighted by Gasteiger charge is -2.32. The standard InChI is InChI=1S/C28H32FN3O4S/c1-20(2)30-28(34)22(4)31(18-23-13-9-8-12-21(23)3)27(33)19-32(26-17-11-10-16-25(26)29)37(35,36)24-14-6-5-7-15-24/h5-17,20,22H,18-19H2,1-4H3,(H,30,34). The van der Waals surface area contributed by atoms with Crippen LogP contribution in [0.15, 0.2) is 83.8 Å². The molecule has 0 aromatic heterocycles. The molecule has 2 amide bonds. The summed E-state index contributed by atoms with van der Waals surface area (Å²) in [6.07, 6.45) is 0. The zero-order valence-electron chi connectivity index (χ0n) is 21.4. The maximum Gasteiger partial charge on any atom is 0.264 e. The largest absolute Gasteiger partial charge is 0.352 e. The Balaban J connectivity index is 2.04. The smallest absolute Gasteiger partial charge is 0.264 e. The van der Waals surface area contributed by atoms with Crippen molar-refractivity contribution in [1.29, 1.82) is 0 Å². The number of amides is 2. The maximum absolute atomic E-state index is 14.9. The van der Waals surface area contributed by atoms with Gasteiger partial charge in [0.15, 0.2) is 0 Å². The predicted octanol–water partition coefficient (Wildman–Crippen LogP) is 4.27. The Morgan fingerprint density at radius 3 is 2.11 bits per heavy atom. The third-order valence-electron chi connectivity index (χ3n) is 5.93. The predicted molar refractivity (Wildman–Crippen MR) is 142 cm³/mol. The Morgan fingerprint density at radius 2 is 1.49 bits per heavy atom. The molecule has 37 heavy (non-hydrogen) atoms. The fraction of sp³-hybridized carbons (Fsp3) is 0.286. The van der Waals surface area contributed by atoms with Crippen molar-refractivity contribution >= 4 is 27.5 Å². The maximum atomic E-state index is 14.9. The summed E-state index contributed by atoms with van der Waals surface area (Å²) >= 11 is 0. The molecule has 0 saturated carbocycles. The molecule has 3 aromatic carbocycles. The van der Waals surface area contributed by atoms with Crippen molar-refractivity contribution in [3.05, 3.63) is 95.8 Å². The number of benzene rings is 3. The van der Waals surface area contributed by atoms with Gasteiger partial charge in [-0.1, -0.05) is 54.6 Å². The first-order valence-corrected chi connectivity index (χ1v) is 13.4. The Bertz CT molecular complexity index is 1350. The zero-order chi connectivity index (χ0) is 27.2. The minimum absolute atomic E-state index is 0.0781. The number of aryl methyl sites for hydroxylation is 1. The van der Waals surface area contributed by atoms with E-state index in [2.05, 4.69) is 5.32 Å². The summed E-state index contributed by atoms with van der Waals surface area (Å²) in [5, 5.41) is 2.80. The molecule has 9 heteroatoms. The van der Waals surface area contributed by atoms with Gasteiger partial charge in [0.1, 0.15) is 18.4 Å². The average molecular weight is 526 g/mol. The van der Waals surface area contributed by atoms with Crippen LogP contribution in [-0.2, 0) is 26.2 Å². The minimum Gasteiger partial charge on any atom is -0.352 e. The summed E-state index contributed by atoms with van der Waals surface area (Å²) in [7, 11) is -4.31. The molecule has 1 N–H and O–H groups in total. The number of nitrogens with one attached hydrogen (secondary N) is 1. The van der Waals surface area contributed by atoms with E-state index in [4.69, 9.17) is 0 Å². The Labute approximate surface area is 218 Å². The van der Waals surface area contributed by atoms with Gasteiger partial charge in [-0.2, -0.15) is 0 Å². The SMILES string of the molecule is Cc1ccccc1CN(C(=O)CN(c1ccccc1F)S(=O)(=O)c1ccccc1)C(C)C(=O)NC(C)C. The first-order chi connectivity index (χ1) is 17.5. The molecule has 0 aliphatic rings. The molecule has 3 aromatic rings. The monoisotopic (exact) mass is 525 g/mol. The van der Waals surface area contributed by atoms with Crippen LogP contribution in [0.25, 0.3) is 0 Å². The highest BCUT2D eigenvalue weighted by molar-refractivity contribution is 7.92. The summed E-state index contributed by atoms with van der Waals surface area (Å²) in [6.45, 7) is 6.49. The van der Waals surface area contributed by atoms with E-state index in [1.807, 2.05) is 45.0 Å². The van der Waals surface area contributed by atoms with Crippen molar-refractivity contribution < 1.29 is 22.4 Å². The first-order valence-electron chi connectivity index (χ1n) is 12.0. The van der Waals surface area contributed by atoms with Crippen molar-refractivity contribution in [1.82, 2.24) is 10.2 Å². The number of halogens is 1. The number of nitrogens with zero attached hydrogens (tertiary/aromatic N) is 2. The number of carbonyl (C=O) groups is 2. The van der Waals surface area contributed by atoms with Crippen LogP contribution in [0.5, 0.6) is 0 Å². The molecule has 3 rings (SSSR count). The quantitative estimate of drug-likeness (QED) is 0.428. The molecular formula is C28H32FN3O4S. The molecule has 0 saturated heterocycles. The van der Waals surface area contributed by atoms with E-state index in [1.54, 1.807) is 25.1 Å². The van der Waals surface area contributed by atoms with Crippen LogP contribution in [0.3, 0.4) is 0 Å². The molecule has 0 heterocycles. The summed E-state index contributed by atoms with van der Waals surface area (Å²) < 4.78 is 42.9. The summed E-state index contributed by atoms with van der Waals surface area (Å²) in [5.41, 5.74) is 1.47. The van der Waals surface area contributed by atoms with Crippen molar-refractivity contribution in [2.45, 2.75) is 51.2 Å². The van der Waals surface area contributed by atoms with Crippen molar-refractivity contribution in [3.8, 4) is 0 Å². The van der Waals surface area contributed by atoms with Gasteiger partial charge in [-0.15, -0.1) is 0 Å². The van der Waals surface area contributed by atoms with Crippen LogP contribution in [0.1, 0.15) is 31.9 Å². The van der Waals surface area contributed by atoms with Crippen molar-refractivity contribution in [3.63, 3.8) is 0 Å². The van der Waals surface area contributed by atoms with E-state index in [-0.39, 0.29) is 29.1 Å². The van der Waals surface area contributed by atoms with Gasteiger partial charge < -0.3 is 10.2 Å². The third-order valence-corrected chi connectivity index (χ3v) is 7.71. The number of rotatable bonds is 10. The topological polar surface area (TPSA) is 86.8 Å². The molecule has 0 radical (unpaired) electrons. The van der Waals surface area contributed by atoms with Gasteiger partial charge in [0.25, 0.3) is 10.0 Å². The summed E-state index contributed by atoms with van der Waals surface area (Å²) in [4.78, 5) is 27.9. The third kappa shape index (κ3) is 6.74. The van der Waals surface area contributed by atoms with Gasteiger partial charge in [-0.3, -0.25) is 13.9 Å². The molecule has 1 unspecified atom stereocenters. The lowest BCUT2D eigenvalue weighted by molar-refractivity contribution is -0.139. The lowest BCUT2D eigenvalue weighted by Crippen LogP contribution is -2.52. The van der Waals surface area contributed by atoms with Crippen LogP contribution >= 0.6 is 0 Å². The highest BCUT2D eigenvalue weighted by Crippen LogP contribution is 2.27. The second kappa shape index (κ2) is 12.0. The van der Waals surface area contributed by atoms with Gasteiger partial charge in [-0.25, -0.2) is 12.8 Å².